The number of pyridine rings is 2. The largest absolute Gasteiger partial charge is 0.308 e. The van der Waals surface area contributed by atoms with Crippen LogP contribution in [0.2, 0.25) is 19.6 Å². The van der Waals surface area contributed by atoms with E-state index in [2.05, 4.69) is 130 Å². The maximum atomic E-state index is 2.64. The molecule has 0 radical (unpaired) electrons. The van der Waals surface area contributed by atoms with Gasteiger partial charge in [0.25, 0.3) is 0 Å². The van der Waals surface area contributed by atoms with Gasteiger partial charge in [0, 0.05) is 16.8 Å². The van der Waals surface area contributed by atoms with Gasteiger partial charge in [-0.05, 0) is 57.3 Å². The third-order valence-electron chi connectivity index (χ3n) is 8.52. The zero-order valence-electron chi connectivity index (χ0n) is 24.0. The summed E-state index contributed by atoms with van der Waals surface area (Å²) in [7, 11) is 0.600. The molecule has 0 amide bonds. The average molecular weight is 514 g/mol. The topological polar surface area (TPSA) is 8.29 Å². The predicted octanol–water partition coefficient (Wildman–Crippen LogP) is 8.41. The number of hydrogen-bond acceptors (Lipinski definition) is 0. The molecule has 38 heavy (non-hydrogen) atoms. The Kier molecular flexibility index (Phi) is 4.72. The summed E-state index contributed by atoms with van der Waals surface area (Å²) in [6, 6.07) is 23.6. The Labute approximate surface area is 225 Å². The number of aromatic nitrogens is 2. The standard InChI is InChI=1S/C35H37N2Si/c1-21-27-18-22(20-35(2,3)4)12-13-24(27)19-28-30(21)34-31-23(16-17-36(34)5)14-15-26-25-10-9-11-29(38(6,7)8)32(25)37(28)33(26)31/h9-19H,20H2,1-8H3/q+1. The van der Waals surface area contributed by atoms with Gasteiger partial charge in [-0.3, -0.25) is 0 Å². The Bertz CT molecular complexity index is 2080. The van der Waals surface area contributed by atoms with Crippen LogP contribution < -0.4 is 9.75 Å². The fourth-order valence-electron chi connectivity index (χ4n) is 6.95. The van der Waals surface area contributed by atoms with Crippen LogP contribution in [-0.2, 0) is 13.5 Å². The first-order valence-corrected chi connectivity index (χ1v) is 17.4. The molecular formula is C35H37N2Si+. The van der Waals surface area contributed by atoms with Gasteiger partial charge in [0.15, 0.2) is 6.20 Å². The number of fused-ring (bicyclic) bond motifs is 7. The molecule has 0 N–H and O–H groups in total. The fourth-order valence-corrected chi connectivity index (χ4v) is 8.50. The molecule has 2 nitrogen and oxygen atoms in total. The monoisotopic (exact) mass is 513 g/mol. The highest BCUT2D eigenvalue weighted by atomic mass is 28.3. The van der Waals surface area contributed by atoms with Gasteiger partial charge >= 0.3 is 0 Å². The highest BCUT2D eigenvalue weighted by Crippen LogP contribution is 2.42. The molecule has 0 fully saturated rings. The molecule has 0 unspecified atom stereocenters. The summed E-state index contributed by atoms with van der Waals surface area (Å²) in [4.78, 5) is 0. The molecule has 0 bridgehead atoms. The van der Waals surface area contributed by atoms with Gasteiger partial charge in [-0.25, -0.2) is 4.57 Å². The fraction of sp³-hybridized carbons (Fsp3) is 0.286. The van der Waals surface area contributed by atoms with Crippen molar-refractivity contribution in [2.24, 2.45) is 12.5 Å². The lowest BCUT2D eigenvalue weighted by Gasteiger charge is -2.21. The van der Waals surface area contributed by atoms with Crippen LogP contribution in [0.3, 0.4) is 0 Å². The van der Waals surface area contributed by atoms with Gasteiger partial charge in [-0.1, -0.05) is 88.9 Å². The SMILES string of the molecule is Cc1c2cc(CC(C)(C)C)ccc2cc2c1c1c3c(ccc4c5cccc([Si](C)(C)C)c5n2c43)cc[n+]1C. The van der Waals surface area contributed by atoms with E-state index in [0.717, 1.165) is 6.42 Å². The van der Waals surface area contributed by atoms with Crippen molar-refractivity contribution in [3.8, 4) is 0 Å². The molecule has 0 saturated carbocycles. The smallest absolute Gasteiger partial charge is 0.224 e. The van der Waals surface area contributed by atoms with Gasteiger partial charge in [0.05, 0.1) is 35.4 Å². The minimum absolute atomic E-state index is 0.260. The molecule has 3 heteroatoms. The van der Waals surface area contributed by atoms with Crippen molar-refractivity contribution >= 4 is 73.0 Å². The van der Waals surface area contributed by atoms with Crippen LogP contribution in [0.25, 0.3) is 59.8 Å². The van der Waals surface area contributed by atoms with Gasteiger partial charge in [-0.2, -0.15) is 0 Å². The Hall–Kier alpha value is -3.43. The zero-order chi connectivity index (χ0) is 26.7. The Morgan fingerprint density at radius 3 is 2.26 bits per heavy atom. The van der Waals surface area contributed by atoms with E-state index in [1.165, 1.54) is 76.1 Å². The van der Waals surface area contributed by atoms with E-state index in [4.69, 9.17) is 0 Å². The van der Waals surface area contributed by atoms with Crippen molar-refractivity contribution in [2.75, 3.05) is 0 Å². The van der Waals surface area contributed by atoms with Crippen molar-refractivity contribution in [1.29, 1.82) is 0 Å². The first kappa shape index (κ1) is 23.7. The number of benzene rings is 4. The van der Waals surface area contributed by atoms with Crippen LogP contribution in [0.1, 0.15) is 31.9 Å². The first-order valence-electron chi connectivity index (χ1n) is 13.9. The van der Waals surface area contributed by atoms with Crippen molar-refractivity contribution < 1.29 is 4.57 Å². The number of aryl methyl sites for hydroxylation is 2. The molecular weight excluding hydrogens is 476 g/mol. The first-order chi connectivity index (χ1) is 17.9. The van der Waals surface area contributed by atoms with Crippen LogP contribution in [-0.4, -0.2) is 12.5 Å². The molecule has 0 aliphatic carbocycles. The van der Waals surface area contributed by atoms with Gasteiger partial charge < -0.3 is 4.40 Å². The Balaban J connectivity index is 1.79. The molecule has 0 spiro atoms. The highest BCUT2D eigenvalue weighted by molar-refractivity contribution is 6.90. The van der Waals surface area contributed by atoms with E-state index < -0.39 is 8.07 Å². The summed E-state index contributed by atoms with van der Waals surface area (Å²) in [5.41, 5.74) is 8.50. The van der Waals surface area contributed by atoms with Crippen LogP contribution in [0.5, 0.6) is 0 Å². The van der Waals surface area contributed by atoms with E-state index in [1.54, 1.807) is 0 Å². The van der Waals surface area contributed by atoms with Crippen LogP contribution in [0.4, 0.5) is 0 Å². The summed E-state index contributed by atoms with van der Waals surface area (Å²) in [5, 5.41) is 11.1. The van der Waals surface area contributed by atoms with Crippen molar-refractivity contribution in [3.05, 3.63) is 78.0 Å². The average Bonchev–Trinajstić information content (AvgIpc) is 3.18. The van der Waals surface area contributed by atoms with E-state index >= 15 is 0 Å². The highest BCUT2D eigenvalue weighted by Gasteiger charge is 2.28. The predicted molar refractivity (Wildman–Crippen MR) is 168 cm³/mol. The van der Waals surface area contributed by atoms with Gasteiger partial charge in [-0.15, -0.1) is 0 Å². The number of rotatable bonds is 2. The Morgan fingerprint density at radius 1 is 0.789 bits per heavy atom. The number of para-hydroxylation sites is 1. The molecule has 0 atom stereocenters. The maximum absolute atomic E-state index is 2.64. The second-order valence-electron chi connectivity index (χ2n) is 13.7. The summed E-state index contributed by atoms with van der Waals surface area (Å²) >= 11 is 0. The minimum atomic E-state index is -1.61. The molecule has 3 heterocycles. The third-order valence-corrected chi connectivity index (χ3v) is 10.5. The second-order valence-corrected chi connectivity index (χ2v) is 18.7. The molecule has 0 aliphatic heterocycles. The van der Waals surface area contributed by atoms with Crippen molar-refractivity contribution in [1.82, 2.24) is 4.40 Å². The quantitative estimate of drug-likeness (QED) is 0.0949. The lowest BCUT2D eigenvalue weighted by molar-refractivity contribution is -0.643. The third kappa shape index (κ3) is 3.21. The van der Waals surface area contributed by atoms with Crippen LogP contribution in [0, 0.1) is 12.3 Å². The second kappa shape index (κ2) is 7.57. The van der Waals surface area contributed by atoms with Gasteiger partial charge in [0.2, 0.25) is 5.52 Å². The van der Waals surface area contributed by atoms with Crippen molar-refractivity contribution in [2.45, 2.75) is 53.8 Å². The maximum Gasteiger partial charge on any atom is 0.224 e. The minimum Gasteiger partial charge on any atom is -0.308 e. The molecule has 0 aliphatic rings. The normalized spacial score (nSPS) is 13.4. The molecule has 4 aromatic carbocycles. The van der Waals surface area contributed by atoms with Crippen LogP contribution >= 0.6 is 0 Å². The van der Waals surface area contributed by atoms with Crippen LogP contribution in [0.15, 0.2) is 66.9 Å². The summed E-state index contributed by atoms with van der Waals surface area (Å²) < 4.78 is 4.98. The Morgan fingerprint density at radius 2 is 1.53 bits per heavy atom. The zero-order valence-corrected chi connectivity index (χ0v) is 25.0. The van der Waals surface area contributed by atoms with E-state index in [1.807, 2.05) is 0 Å². The lowest BCUT2D eigenvalue weighted by atomic mass is 9.86. The lowest BCUT2D eigenvalue weighted by Crippen LogP contribution is -2.38. The molecule has 7 aromatic rings. The summed E-state index contributed by atoms with van der Waals surface area (Å²) in [6.45, 7) is 16.7. The number of nitrogens with zero attached hydrogens (tertiary/aromatic N) is 2. The summed E-state index contributed by atoms with van der Waals surface area (Å²) in [5.74, 6) is 0. The molecule has 190 valence electrons. The molecule has 7 rings (SSSR count). The van der Waals surface area contributed by atoms with E-state index in [9.17, 15) is 0 Å². The summed E-state index contributed by atoms with van der Waals surface area (Å²) in [6.07, 6.45) is 3.31. The van der Waals surface area contributed by atoms with Crippen molar-refractivity contribution in [3.63, 3.8) is 0 Å². The number of hydrogen-bond donors (Lipinski definition) is 0. The van der Waals surface area contributed by atoms with Gasteiger partial charge in [0.1, 0.15) is 7.05 Å². The van der Waals surface area contributed by atoms with E-state index in [0.29, 0.717) is 0 Å². The molecule has 3 aromatic heterocycles. The molecule has 0 saturated heterocycles. The van der Waals surface area contributed by atoms with E-state index in [-0.39, 0.29) is 5.41 Å².